The van der Waals surface area contributed by atoms with Gasteiger partial charge in [-0.05, 0) is 59.3 Å². The van der Waals surface area contributed by atoms with Gasteiger partial charge in [0.1, 0.15) is 0 Å². The summed E-state index contributed by atoms with van der Waals surface area (Å²) in [6.45, 7) is 5.17. The molecule has 1 heterocycles. The van der Waals surface area contributed by atoms with Crippen LogP contribution in [0.2, 0.25) is 0 Å². The van der Waals surface area contributed by atoms with Gasteiger partial charge in [0.2, 0.25) is 0 Å². The molecule has 0 radical (unpaired) electrons. The molecule has 0 amide bonds. The molecule has 0 fully saturated rings. The molecule has 0 spiro atoms. The summed E-state index contributed by atoms with van der Waals surface area (Å²) < 4.78 is 1.30. The maximum Gasteiger partial charge on any atom is 0.0422 e. The smallest absolute Gasteiger partial charge is 0.0422 e. The van der Waals surface area contributed by atoms with Gasteiger partial charge in [0.15, 0.2) is 0 Å². The number of nitrogens with one attached hydrogen (secondary N) is 1. The summed E-state index contributed by atoms with van der Waals surface area (Å²) in [5.74, 6) is 0. The topological polar surface area (TPSA) is 24.9 Å². The van der Waals surface area contributed by atoms with Gasteiger partial charge in [-0.25, -0.2) is 0 Å². The van der Waals surface area contributed by atoms with Crippen molar-refractivity contribution in [3.05, 3.63) is 63.0 Å². The first-order valence-electron chi connectivity index (χ1n) is 6.60. The van der Waals surface area contributed by atoms with E-state index in [0.29, 0.717) is 6.04 Å². The third-order valence-corrected chi connectivity index (χ3v) is 4.10. The average Bonchev–Trinajstić information content (AvgIpc) is 2.41. The standard InChI is InChI=1S/C16H19IN2/c1-3-18-16(14-6-4-5-7-15(14)17)10-13-9-8-12(2)11-19-13/h4-9,11,16,18H,3,10H2,1-2H3. The zero-order valence-corrected chi connectivity index (χ0v) is 13.5. The van der Waals surface area contributed by atoms with Crippen LogP contribution in [0.3, 0.4) is 0 Å². The number of hydrogen-bond donors (Lipinski definition) is 1. The Morgan fingerprint density at radius 3 is 2.63 bits per heavy atom. The zero-order chi connectivity index (χ0) is 13.7. The van der Waals surface area contributed by atoms with Crippen LogP contribution < -0.4 is 5.32 Å². The van der Waals surface area contributed by atoms with Crippen LogP contribution in [0.25, 0.3) is 0 Å². The molecule has 3 heteroatoms. The highest BCUT2D eigenvalue weighted by molar-refractivity contribution is 14.1. The van der Waals surface area contributed by atoms with Crippen molar-refractivity contribution < 1.29 is 0 Å². The number of pyridine rings is 1. The first kappa shape index (κ1) is 14.5. The largest absolute Gasteiger partial charge is 0.310 e. The van der Waals surface area contributed by atoms with E-state index in [-0.39, 0.29) is 0 Å². The van der Waals surface area contributed by atoms with Gasteiger partial charge in [-0.3, -0.25) is 4.98 Å². The lowest BCUT2D eigenvalue weighted by Gasteiger charge is -2.19. The van der Waals surface area contributed by atoms with Gasteiger partial charge < -0.3 is 5.32 Å². The summed E-state index contributed by atoms with van der Waals surface area (Å²) >= 11 is 2.40. The Morgan fingerprint density at radius 1 is 1.21 bits per heavy atom. The minimum atomic E-state index is 0.327. The Morgan fingerprint density at radius 2 is 2.00 bits per heavy atom. The lowest BCUT2D eigenvalue weighted by Crippen LogP contribution is -2.24. The van der Waals surface area contributed by atoms with Crippen LogP contribution in [-0.4, -0.2) is 11.5 Å². The molecule has 2 rings (SSSR count). The van der Waals surface area contributed by atoms with Crippen molar-refractivity contribution in [1.82, 2.24) is 10.3 Å². The number of nitrogens with zero attached hydrogens (tertiary/aromatic N) is 1. The van der Waals surface area contributed by atoms with Crippen molar-refractivity contribution in [2.45, 2.75) is 26.3 Å². The molecule has 1 N–H and O–H groups in total. The van der Waals surface area contributed by atoms with Crippen molar-refractivity contribution in [3.63, 3.8) is 0 Å². The van der Waals surface area contributed by atoms with Crippen molar-refractivity contribution in [3.8, 4) is 0 Å². The average molecular weight is 366 g/mol. The van der Waals surface area contributed by atoms with Crippen LogP contribution in [0.1, 0.15) is 29.8 Å². The van der Waals surface area contributed by atoms with E-state index in [4.69, 9.17) is 0 Å². The van der Waals surface area contributed by atoms with Gasteiger partial charge in [0.05, 0.1) is 0 Å². The van der Waals surface area contributed by atoms with Crippen molar-refractivity contribution >= 4 is 22.6 Å². The van der Waals surface area contributed by atoms with E-state index in [1.54, 1.807) is 0 Å². The van der Waals surface area contributed by atoms with Crippen LogP contribution in [0.15, 0.2) is 42.6 Å². The Labute approximate surface area is 128 Å². The number of aryl methyl sites for hydroxylation is 1. The summed E-state index contributed by atoms with van der Waals surface area (Å²) in [6.07, 6.45) is 2.86. The molecular formula is C16H19IN2. The fourth-order valence-corrected chi connectivity index (χ4v) is 2.89. The SMILES string of the molecule is CCNC(Cc1ccc(C)cn1)c1ccccc1I. The van der Waals surface area contributed by atoms with Gasteiger partial charge in [-0.1, -0.05) is 31.2 Å². The fourth-order valence-electron chi connectivity index (χ4n) is 2.12. The van der Waals surface area contributed by atoms with E-state index < -0.39 is 0 Å². The van der Waals surface area contributed by atoms with Crippen LogP contribution in [-0.2, 0) is 6.42 Å². The Hall–Kier alpha value is -0.940. The maximum atomic E-state index is 4.51. The molecule has 19 heavy (non-hydrogen) atoms. The molecule has 0 aliphatic rings. The van der Waals surface area contributed by atoms with Crippen LogP contribution >= 0.6 is 22.6 Å². The van der Waals surface area contributed by atoms with Crippen LogP contribution in [0.5, 0.6) is 0 Å². The number of rotatable bonds is 5. The van der Waals surface area contributed by atoms with E-state index in [0.717, 1.165) is 18.7 Å². The first-order valence-corrected chi connectivity index (χ1v) is 7.68. The first-order chi connectivity index (χ1) is 9.20. The lowest BCUT2D eigenvalue weighted by atomic mass is 10.0. The quantitative estimate of drug-likeness (QED) is 0.813. The van der Waals surface area contributed by atoms with Crippen molar-refractivity contribution in [1.29, 1.82) is 0 Å². The highest BCUT2D eigenvalue weighted by Gasteiger charge is 2.14. The Balaban J connectivity index is 2.21. The summed E-state index contributed by atoms with van der Waals surface area (Å²) in [5, 5.41) is 3.56. The summed E-state index contributed by atoms with van der Waals surface area (Å²) in [5.41, 5.74) is 3.70. The Bertz CT molecular complexity index is 523. The summed E-state index contributed by atoms with van der Waals surface area (Å²) in [7, 11) is 0. The highest BCUT2D eigenvalue weighted by atomic mass is 127. The summed E-state index contributed by atoms with van der Waals surface area (Å²) in [6, 6.07) is 13.1. The van der Waals surface area contributed by atoms with Gasteiger partial charge in [-0.15, -0.1) is 0 Å². The van der Waals surface area contributed by atoms with E-state index in [1.807, 2.05) is 6.20 Å². The fraction of sp³-hybridized carbons (Fsp3) is 0.312. The zero-order valence-electron chi connectivity index (χ0n) is 11.4. The molecule has 1 aromatic carbocycles. The molecular weight excluding hydrogens is 347 g/mol. The predicted octanol–water partition coefficient (Wildman–Crippen LogP) is 3.89. The molecule has 1 atom stereocenters. The number of benzene rings is 1. The second kappa shape index (κ2) is 7.01. The van der Waals surface area contributed by atoms with Crippen molar-refractivity contribution in [2.75, 3.05) is 6.54 Å². The van der Waals surface area contributed by atoms with Gasteiger partial charge in [-0.2, -0.15) is 0 Å². The van der Waals surface area contributed by atoms with Crippen LogP contribution in [0.4, 0.5) is 0 Å². The van der Waals surface area contributed by atoms with E-state index in [2.05, 4.69) is 83.1 Å². The highest BCUT2D eigenvalue weighted by Crippen LogP contribution is 2.22. The molecule has 0 aliphatic heterocycles. The maximum absolute atomic E-state index is 4.51. The third-order valence-electron chi connectivity index (χ3n) is 3.12. The van der Waals surface area contributed by atoms with E-state index in [9.17, 15) is 0 Å². The minimum Gasteiger partial charge on any atom is -0.310 e. The monoisotopic (exact) mass is 366 g/mol. The molecule has 2 aromatic rings. The molecule has 0 saturated heterocycles. The Kier molecular flexibility index (Phi) is 5.34. The van der Waals surface area contributed by atoms with Gasteiger partial charge in [0, 0.05) is 27.9 Å². The second-order valence-corrected chi connectivity index (χ2v) is 5.82. The number of hydrogen-bond acceptors (Lipinski definition) is 2. The van der Waals surface area contributed by atoms with E-state index in [1.165, 1.54) is 14.7 Å². The van der Waals surface area contributed by atoms with E-state index >= 15 is 0 Å². The molecule has 0 saturated carbocycles. The molecule has 0 aliphatic carbocycles. The van der Waals surface area contributed by atoms with Crippen molar-refractivity contribution in [2.24, 2.45) is 0 Å². The number of likely N-dealkylation sites (N-methyl/N-ethyl adjacent to an activating group) is 1. The number of halogens is 1. The molecule has 1 unspecified atom stereocenters. The van der Waals surface area contributed by atoms with Crippen LogP contribution in [0, 0.1) is 10.5 Å². The van der Waals surface area contributed by atoms with Gasteiger partial charge >= 0.3 is 0 Å². The lowest BCUT2D eigenvalue weighted by molar-refractivity contribution is 0.542. The third kappa shape index (κ3) is 4.01. The second-order valence-electron chi connectivity index (χ2n) is 4.66. The summed E-state index contributed by atoms with van der Waals surface area (Å²) in [4.78, 5) is 4.51. The predicted molar refractivity (Wildman–Crippen MR) is 88.3 cm³/mol. The normalized spacial score (nSPS) is 12.4. The number of aromatic nitrogens is 1. The molecule has 0 bridgehead atoms. The minimum absolute atomic E-state index is 0.327. The van der Waals surface area contributed by atoms with Gasteiger partial charge in [0.25, 0.3) is 0 Å². The molecule has 2 nitrogen and oxygen atoms in total. The molecule has 1 aromatic heterocycles. The molecule has 100 valence electrons.